The van der Waals surface area contributed by atoms with E-state index in [0.717, 1.165) is 11.1 Å². The molecule has 0 aliphatic carbocycles. The van der Waals surface area contributed by atoms with E-state index < -0.39 is 0 Å². The molecule has 4 aromatic rings. The SMILES string of the molecule is COc1cc(-c2nc3ccccc3c(=O)[nH]2)ccc1OCc1cccc(C)c1. The maximum Gasteiger partial charge on any atom is 0.259 e. The maximum absolute atomic E-state index is 12.3. The third-order valence-electron chi connectivity index (χ3n) is 4.53. The molecular weight excluding hydrogens is 352 g/mol. The molecule has 1 aromatic heterocycles. The number of aromatic amines is 1. The summed E-state index contributed by atoms with van der Waals surface area (Å²) in [5, 5.41) is 0.566. The fourth-order valence-corrected chi connectivity index (χ4v) is 3.12. The lowest BCUT2D eigenvalue weighted by Gasteiger charge is -2.12. The Hall–Kier alpha value is -3.60. The summed E-state index contributed by atoms with van der Waals surface area (Å²) in [4.78, 5) is 19.7. The predicted molar refractivity (Wildman–Crippen MR) is 110 cm³/mol. The number of hydrogen-bond donors (Lipinski definition) is 1. The van der Waals surface area contributed by atoms with Crippen molar-refractivity contribution >= 4 is 10.9 Å². The zero-order valence-electron chi connectivity index (χ0n) is 15.7. The maximum atomic E-state index is 12.3. The summed E-state index contributed by atoms with van der Waals surface area (Å²) in [6, 6.07) is 21.0. The lowest BCUT2D eigenvalue weighted by Crippen LogP contribution is -2.09. The minimum Gasteiger partial charge on any atom is -0.493 e. The van der Waals surface area contributed by atoms with Crippen molar-refractivity contribution in [3.63, 3.8) is 0 Å². The van der Waals surface area contributed by atoms with Crippen molar-refractivity contribution in [3.8, 4) is 22.9 Å². The van der Waals surface area contributed by atoms with Crippen LogP contribution in [-0.4, -0.2) is 17.1 Å². The Morgan fingerprint density at radius 1 is 0.964 bits per heavy atom. The standard InChI is InChI=1S/C23H20N2O3/c1-15-6-5-7-16(12-15)14-28-20-11-10-17(13-21(20)27-2)22-24-19-9-4-3-8-18(19)23(26)25-22/h3-13H,14H2,1-2H3,(H,24,25,26). The van der Waals surface area contributed by atoms with Gasteiger partial charge in [0.25, 0.3) is 5.56 Å². The average molecular weight is 372 g/mol. The topological polar surface area (TPSA) is 64.2 Å². The molecule has 0 atom stereocenters. The third-order valence-corrected chi connectivity index (χ3v) is 4.53. The van der Waals surface area contributed by atoms with Crippen LogP contribution in [0.2, 0.25) is 0 Å². The van der Waals surface area contributed by atoms with E-state index in [1.165, 1.54) is 5.56 Å². The van der Waals surface area contributed by atoms with Crippen LogP contribution in [0.25, 0.3) is 22.3 Å². The van der Waals surface area contributed by atoms with Gasteiger partial charge >= 0.3 is 0 Å². The van der Waals surface area contributed by atoms with Gasteiger partial charge in [0.2, 0.25) is 0 Å². The highest BCUT2D eigenvalue weighted by Gasteiger charge is 2.11. The quantitative estimate of drug-likeness (QED) is 0.561. The molecule has 4 rings (SSSR count). The van der Waals surface area contributed by atoms with Gasteiger partial charge in [0.15, 0.2) is 11.5 Å². The van der Waals surface area contributed by atoms with E-state index in [1.54, 1.807) is 13.2 Å². The molecular formula is C23H20N2O3. The summed E-state index contributed by atoms with van der Waals surface area (Å²) in [5.41, 5.74) is 3.52. The van der Waals surface area contributed by atoms with Gasteiger partial charge in [0.05, 0.1) is 18.0 Å². The number of para-hydroxylation sites is 1. The van der Waals surface area contributed by atoms with Crippen LogP contribution in [-0.2, 0) is 6.61 Å². The second kappa shape index (κ2) is 7.56. The number of nitrogens with one attached hydrogen (secondary N) is 1. The molecule has 28 heavy (non-hydrogen) atoms. The first-order valence-electron chi connectivity index (χ1n) is 9.00. The number of ether oxygens (including phenoxy) is 2. The van der Waals surface area contributed by atoms with Crippen molar-refractivity contribution in [2.45, 2.75) is 13.5 Å². The molecule has 0 fully saturated rings. The molecule has 0 bridgehead atoms. The molecule has 1 heterocycles. The van der Waals surface area contributed by atoms with Gasteiger partial charge < -0.3 is 14.5 Å². The van der Waals surface area contributed by atoms with Crippen LogP contribution in [0, 0.1) is 6.92 Å². The summed E-state index contributed by atoms with van der Waals surface area (Å²) >= 11 is 0. The number of hydrogen-bond acceptors (Lipinski definition) is 4. The van der Waals surface area contributed by atoms with E-state index in [0.29, 0.717) is 34.8 Å². The number of benzene rings is 3. The van der Waals surface area contributed by atoms with Crippen molar-refractivity contribution in [2.75, 3.05) is 7.11 Å². The van der Waals surface area contributed by atoms with Gasteiger partial charge in [-0.15, -0.1) is 0 Å². The average Bonchev–Trinajstić information content (AvgIpc) is 2.72. The predicted octanol–water partition coefficient (Wildman–Crippen LogP) is 4.49. The zero-order chi connectivity index (χ0) is 19.5. The molecule has 0 saturated carbocycles. The number of H-pyrrole nitrogens is 1. The van der Waals surface area contributed by atoms with Crippen LogP contribution in [0.1, 0.15) is 11.1 Å². The Balaban J connectivity index is 1.64. The second-order valence-corrected chi connectivity index (χ2v) is 6.58. The van der Waals surface area contributed by atoms with Gasteiger partial charge in [-0.25, -0.2) is 4.98 Å². The molecule has 5 nitrogen and oxygen atoms in total. The van der Waals surface area contributed by atoms with Gasteiger partial charge in [0.1, 0.15) is 12.4 Å². The summed E-state index contributed by atoms with van der Waals surface area (Å²) in [5.74, 6) is 1.71. The Bertz CT molecular complexity index is 1200. The number of rotatable bonds is 5. The van der Waals surface area contributed by atoms with Crippen molar-refractivity contribution in [1.82, 2.24) is 9.97 Å². The molecule has 0 amide bonds. The molecule has 5 heteroatoms. The van der Waals surface area contributed by atoms with Crippen LogP contribution in [0.15, 0.2) is 71.5 Å². The van der Waals surface area contributed by atoms with Crippen LogP contribution < -0.4 is 15.0 Å². The smallest absolute Gasteiger partial charge is 0.259 e. The van der Waals surface area contributed by atoms with Gasteiger partial charge in [-0.3, -0.25) is 4.79 Å². The van der Waals surface area contributed by atoms with E-state index in [4.69, 9.17) is 9.47 Å². The fraction of sp³-hybridized carbons (Fsp3) is 0.130. The van der Waals surface area contributed by atoms with E-state index in [2.05, 4.69) is 29.0 Å². The van der Waals surface area contributed by atoms with Crippen molar-refractivity contribution in [1.29, 1.82) is 0 Å². The lowest BCUT2D eigenvalue weighted by molar-refractivity contribution is 0.284. The number of aromatic nitrogens is 2. The Morgan fingerprint density at radius 3 is 2.64 bits per heavy atom. The summed E-state index contributed by atoms with van der Waals surface area (Å²) in [6.07, 6.45) is 0. The molecule has 140 valence electrons. The van der Waals surface area contributed by atoms with E-state index in [9.17, 15) is 4.79 Å². The van der Waals surface area contributed by atoms with Gasteiger partial charge in [-0.05, 0) is 42.8 Å². The summed E-state index contributed by atoms with van der Waals surface area (Å²) in [6.45, 7) is 2.50. The minimum atomic E-state index is -0.167. The highest BCUT2D eigenvalue weighted by Crippen LogP contribution is 2.32. The van der Waals surface area contributed by atoms with E-state index >= 15 is 0 Å². The van der Waals surface area contributed by atoms with Crippen LogP contribution >= 0.6 is 0 Å². The zero-order valence-corrected chi connectivity index (χ0v) is 15.7. The Kier molecular flexibility index (Phi) is 4.81. The Morgan fingerprint density at radius 2 is 1.82 bits per heavy atom. The molecule has 0 aliphatic rings. The highest BCUT2D eigenvalue weighted by atomic mass is 16.5. The number of methoxy groups -OCH3 is 1. The molecule has 0 unspecified atom stereocenters. The first kappa shape index (κ1) is 17.8. The van der Waals surface area contributed by atoms with E-state index in [1.807, 2.05) is 48.5 Å². The van der Waals surface area contributed by atoms with Crippen molar-refractivity contribution < 1.29 is 9.47 Å². The van der Waals surface area contributed by atoms with Crippen LogP contribution in [0.3, 0.4) is 0 Å². The fourth-order valence-electron chi connectivity index (χ4n) is 3.12. The Labute approximate surface area is 162 Å². The summed E-state index contributed by atoms with van der Waals surface area (Å²) < 4.78 is 11.4. The third kappa shape index (κ3) is 3.60. The van der Waals surface area contributed by atoms with Crippen LogP contribution in [0.5, 0.6) is 11.5 Å². The van der Waals surface area contributed by atoms with Gasteiger partial charge in [-0.2, -0.15) is 0 Å². The van der Waals surface area contributed by atoms with Gasteiger partial charge in [-0.1, -0.05) is 42.0 Å². The first-order valence-corrected chi connectivity index (χ1v) is 9.00. The normalized spacial score (nSPS) is 10.8. The first-order chi connectivity index (χ1) is 13.6. The molecule has 0 radical (unpaired) electrons. The molecule has 1 N–H and O–H groups in total. The monoisotopic (exact) mass is 372 g/mol. The van der Waals surface area contributed by atoms with Crippen molar-refractivity contribution in [2.24, 2.45) is 0 Å². The molecule has 3 aromatic carbocycles. The van der Waals surface area contributed by atoms with Crippen LogP contribution in [0.4, 0.5) is 0 Å². The minimum absolute atomic E-state index is 0.167. The van der Waals surface area contributed by atoms with Gasteiger partial charge in [0, 0.05) is 5.56 Å². The largest absolute Gasteiger partial charge is 0.493 e. The second-order valence-electron chi connectivity index (χ2n) is 6.58. The molecule has 0 spiro atoms. The lowest BCUT2D eigenvalue weighted by atomic mass is 10.1. The van der Waals surface area contributed by atoms with E-state index in [-0.39, 0.29) is 5.56 Å². The highest BCUT2D eigenvalue weighted by molar-refractivity contribution is 5.79. The number of fused-ring (bicyclic) bond motifs is 1. The molecule has 0 saturated heterocycles. The molecule has 0 aliphatic heterocycles. The van der Waals surface area contributed by atoms with Crippen molar-refractivity contribution in [3.05, 3.63) is 88.2 Å². The number of nitrogens with zero attached hydrogens (tertiary/aromatic N) is 1. The summed E-state index contributed by atoms with van der Waals surface area (Å²) in [7, 11) is 1.59. The number of aryl methyl sites for hydroxylation is 1.